The minimum Gasteiger partial charge on any atom is -0.462 e. The van der Waals surface area contributed by atoms with Crippen LogP contribution in [0.15, 0.2) is 0 Å². The highest BCUT2D eigenvalue weighted by molar-refractivity contribution is 7.46. The summed E-state index contributed by atoms with van der Waals surface area (Å²) in [6, 6.07) is 0. The average Bonchev–Trinajstić information content (AvgIpc) is 2.80. The molecule has 0 aliphatic rings. The molecule has 0 spiro atoms. The summed E-state index contributed by atoms with van der Waals surface area (Å²) in [4.78, 5) is 41.3. The Morgan fingerprint density at radius 3 is 1.51 bits per heavy atom. The first-order chi connectivity index (χ1) is 16.8. The summed E-state index contributed by atoms with van der Waals surface area (Å²) >= 11 is 0. The lowest BCUT2D eigenvalue weighted by Gasteiger charge is -2.18. The number of hydrogen-bond acceptors (Lipinski definition) is 6. The molecule has 0 bridgehead atoms. The molecule has 9 heteroatoms. The van der Waals surface area contributed by atoms with E-state index in [0.717, 1.165) is 19.3 Å². The summed E-state index contributed by atoms with van der Waals surface area (Å²) in [7, 11) is -4.70. The lowest BCUT2D eigenvalue weighted by Crippen LogP contribution is -2.29. The molecule has 0 amide bonds. The highest BCUT2D eigenvalue weighted by atomic mass is 31.2. The normalized spacial score (nSPS) is 12.5. The molecule has 0 aromatic carbocycles. The number of carbonyl (C=O) groups is 2. The number of phosphoric acid groups is 1. The van der Waals surface area contributed by atoms with Gasteiger partial charge in [-0.15, -0.1) is 0 Å². The third-order valence-electron chi connectivity index (χ3n) is 5.85. The number of ether oxygens (including phenoxy) is 2. The number of rotatable bonds is 25. The molecular formula is C26H51O8P. The van der Waals surface area contributed by atoms with Crippen LogP contribution in [0.5, 0.6) is 0 Å². The lowest BCUT2D eigenvalue weighted by molar-refractivity contribution is -0.161. The molecule has 0 aromatic rings. The van der Waals surface area contributed by atoms with Gasteiger partial charge in [0.1, 0.15) is 6.61 Å². The van der Waals surface area contributed by atoms with Gasteiger partial charge in [-0.1, -0.05) is 110 Å². The predicted octanol–water partition coefficient (Wildman–Crippen LogP) is 7.00. The quantitative estimate of drug-likeness (QED) is 0.0747. The maximum atomic E-state index is 12.0. The molecule has 208 valence electrons. The molecule has 0 fully saturated rings. The second kappa shape index (κ2) is 23.4. The van der Waals surface area contributed by atoms with E-state index in [9.17, 15) is 14.2 Å². The van der Waals surface area contributed by atoms with E-state index >= 15 is 0 Å². The van der Waals surface area contributed by atoms with Crippen molar-refractivity contribution in [1.82, 2.24) is 0 Å². The Bertz CT molecular complexity index is 564. The summed E-state index contributed by atoms with van der Waals surface area (Å²) in [6.45, 7) is 3.24. The first kappa shape index (κ1) is 34.0. The minimum atomic E-state index is -4.70. The van der Waals surface area contributed by atoms with Crippen LogP contribution in [0.2, 0.25) is 0 Å². The van der Waals surface area contributed by atoms with E-state index in [0.29, 0.717) is 6.42 Å². The van der Waals surface area contributed by atoms with Gasteiger partial charge in [0, 0.05) is 12.8 Å². The van der Waals surface area contributed by atoms with Crippen molar-refractivity contribution in [2.24, 2.45) is 0 Å². The number of unbranched alkanes of at least 4 members (excludes halogenated alkanes) is 15. The molecule has 35 heavy (non-hydrogen) atoms. The number of phosphoric ester groups is 1. The molecule has 2 N–H and O–H groups in total. The van der Waals surface area contributed by atoms with E-state index in [4.69, 9.17) is 19.3 Å². The van der Waals surface area contributed by atoms with E-state index in [1.807, 2.05) is 0 Å². The molecular weight excluding hydrogens is 471 g/mol. The number of carbonyl (C=O) groups excluding carboxylic acids is 2. The molecule has 8 nitrogen and oxygen atoms in total. The van der Waals surface area contributed by atoms with Crippen molar-refractivity contribution >= 4 is 19.8 Å². The molecule has 0 aliphatic carbocycles. The second-order valence-corrected chi connectivity index (χ2v) is 10.6. The lowest BCUT2D eigenvalue weighted by atomic mass is 10.0. The van der Waals surface area contributed by atoms with Crippen LogP contribution in [-0.2, 0) is 28.2 Å². The first-order valence-electron chi connectivity index (χ1n) is 13.8. The standard InChI is InChI=1S/C26H51O8P/c1-3-5-6-7-8-9-10-11-12-13-14-15-16-17-18-19-21-25(27)32-22-24(23-33-35(29,30)31)34-26(28)20-4-2/h24H,3-23H2,1-2H3,(H2,29,30,31)/t24-/m1/s1. The van der Waals surface area contributed by atoms with Crippen LogP contribution >= 0.6 is 7.82 Å². The van der Waals surface area contributed by atoms with Crippen molar-refractivity contribution in [2.75, 3.05) is 13.2 Å². The van der Waals surface area contributed by atoms with Gasteiger partial charge in [-0.2, -0.15) is 0 Å². The number of hydrogen-bond donors (Lipinski definition) is 2. The van der Waals surface area contributed by atoms with Gasteiger partial charge < -0.3 is 19.3 Å². The van der Waals surface area contributed by atoms with E-state index in [1.54, 1.807) is 6.92 Å². The molecule has 0 saturated heterocycles. The Hall–Kier alpha value is -0.950. The highest BCUT2D eigenvalue weighted by Gasteiger charge is 2.22. The van der Waals surface area contributed by atoms with Crippen molar-refractivity contribution in [3.05, 3.63) is 0 Å². The Labute approximate surface area is 213 Å². The Morgan fingerprint density at radius 2 is 1.09 bits per heavy atom. The van der Waals surface area contributed by atoms with Gasteiger partial charge in [0.25, 0.3) is 0 Å². The SMILES string of the molecule is CCCCCCCCCCCCCCCCCCC(=O)OC[C@H](COP(=O)(O)O)OC(=O)CCC. The highest BCUT2D eigenvalue weighted by Crippen LogP contribution is 2.35. The molecule has 0 unspecified atom stereocenters. The van der Waals surface area contributed by atoms with Gasteiger partial charge in [-0.25, -0.2) is 4.57 Å². The summed E-state index contributed by atoms with van der Waals surface area (Å²) in [5, 5.41) is 0. The predicted molar refractivity (Wildman–Crippen MR) is 138 cm³/mol. The first-order valence-corrected chi connectivity index (χ1v) is 15.4. The fourth-order valence-electron chi connectivity index (χ4n) is 3.82. The Balaban J connectivity index is 3.69. The summed E-state index contributed by atoms with van der Waals surface area (Å²) < 4.78 is 25.5. The van der Waals surface area contributed by atoms with Gasteiger partial charge in [-0.05, 0) is 12.8 Å². The molecule has 0 aliphatic heterocycles. The van der Waals surface area contributed by atoms with E-state index < -0.39 is 32.5 Å². The topological polar surface area (TPSA) is 119 Å². The average molecular weight is 523 g/mol. The van der Waals surface area contributed by atoms with Gasteiger partial charge in [-0.3, -0.25) is 14.1 Å². The Kier molecular flexibility index (Phi) is 22.8. The summed E-state index contributed by atoms with van der Waals surface area (Å²) in [5.41, 5.74) is 0. The van der Waals surface area contributed by atoms with E-state index in [1.165, 1.54) is 83.5 Å². The van der Waals surface area contributed by atoms with Crippen LogP contribution in [0.3, 0.4) is 0 Å². The molecule has 0 rings (SSSR count). The molecule has 0 heterocycles. The minimum absolute atomic E-state index is 0.166. The van der Waals surface area contributed by atoms with Crippen molar-refractivity contribution < 1.29 is 37.9 Å². The summed E-state index contributed by atoms with van der Waals surface area (Å²) in [5.74, 6) is -0.941. The fourth-order valence-corrected chi connectivity index (χ4v) is 4.18. The zero-order valence-electron chi connectivity index (χ0n) is 22.2. The zero-order valence-corrected chi connectivity index (χ0v) is 23.1. The van der Waals surface area contributed by atoms with Gasteiger partial charge in [0.15, 0.2) is 6.10 Å². The monoisotopic (exact) mass is 522 g/mol. The van der Waals surface area contributed by atoms with Crippen molar-refractivity contribution in [1.29, 1.82) is 0 Å². The molecule has 0 saturated carbocycles. The van der Waals surface area contributed by atoms with Crippen LogP contribution in [0.4, 0.5) is 0 Å². The van der Waals surface area contributed by atoms with Crippen LogP contribution < -0.4 is 0 Å². The largest absolute Gasteiger partial charge is 0.469 e. The molecule has 1 atom stereocenters. The fraction of sp³-hybridized carbons (Fsp3) is 0.923. The van der Waals surface area contributed by atoms with Gasteiger partial charge in [0.05, 0.1) is 6.61 Å². The van der Waals surface area contributed by atoms with Crippen LogP contribution in [0.1, 0.15) is 136 Å². The maximum Gasteiger partial charge on any atom is 0.469 e. The van der Waals surface area contributed by atoms with Crippen molar-refractivity contribution in [2.45, 2.75) is 142 Å². The second-order valence-electron chi connectivity index (χ2n) is 9.38. The number of esters is 2. The van der Waals surface area contributed by atoms with Crippen molar-refractivity contribution in [3.8, 4) is 0 Å². The molecule has 0 aromatic heterocycles. The third-order valence-corrected chi connectivity index (χ3v) is 6.33. The van der Waals surface area contributed by atoms with Crippen LogP contribution in [-0.4, -0.2) is 41.0 Å². The van der Waals surface area contributed by atoms with Gasteiger partial charge >= 0.3 is 19.8 Å². The Morgan fingerprint density at radius 1 is 0.629 bits per heavy atom. The smallest absolute Gasteiger partial charge is 0.462 e. The zero-order chi connectivity index (χ0) is 26.2. The van der Waals surface area contributed by atoms with Gasteiger partial charge in [0.2, 0.25) is 0 Å². The van der Waals surface area contributed by atoms with Crippen LogP contribution in [0.25, 0.3) is 0 Å². The molecule has 0 radical (unpaired) electrons. The van der Waals surface area contributed by atoms with E-state index in [-0.39, 0.29) is 19.4 Å². The van der Waals surface area contributed by atoms with E-state index in [2.05, 4.69) is 11.4 Å². The van der Waals surface area contributed by atoms with Crippen LogP contribution in [0, 0.1) is 0 Å². The third kappa shape index (κ3) is 25.9. The summed E-state index contributed by atoms with van der Waals surface area (Å²) in [6.07, 6.45) is 20.1. The van der Waals surface area contributed by atoms with Crippen molar-refractivity contribution in [3.63, 3.8) is 0 Å². The maximum absolute atomic E-state index is 12.0.